The number of imidazole rings is 1. The van der Waals surface area contributed by atoms with Gasteiger partial charge in [0.2, 0.25) is 0 Å². The van der Waals surface area contributed by atoms with Crippen molar-refractivity contribution in [3.8, 4) is 0 Å². The van der Waals surface area contributed by atoms with Crippen LogP contribution in [0, 0.1) is 0 Å². The molecule has 1 aliphatic heterocycles. The number of dihydropyridines is 1. The molecule has 2 heterocycles. The van der Waals surface area contributed by atoms with E-state index in [0.717, 1.165) is 42.8 Å². The minimum Gasteiger partial charge on any atom is -0.341 e. The molecular weight excluding hydrogens is 370 g/mol. The predicted molar refractivity (Wildman–Crippen MR) is 122 cm³/mol. The lowest BCUT2D eigenvalue weighted by Gasteiger charge is -2.35. The topological polar surface area (TPSA) is 70.3 Å². The van der Waals surface area contributed by atoms with E-state index < -0.39 is 0 Å². The first kappa shape index (κ1) is 19.0. The van der Waals surface area contributed by atoms with Crippen molar-refractivity contribution in [3.05, 3.63) is 89.3 Å². The van der Waals surface area contributed by atoms with E-state index in [1.807, 2.05) is 24.4 Å². The van der Waals surface area contributed by atoms with Crippen LogP contribution in [0.25, 0.3) is 11.0 Å². The highest BCUT2D eigenvalue weighted by atomic mass is 15.2. The number of benzene rings is 2. The van der Waals surface area contributed by atoms with Gasteiger partial charge >= 0.3 is 0 Å². The maximum absolute atomic E-state index is 6.02. The van der Waals surface area contributed by atoms with Crippen molar-refractivity contribution in [1.82, 2.24) is 14.9 Å². The Kier molecular flexibility index (Phi) is 5.30. The minimum absolute atomic E-state index is 0.315. The van der Waals surface area contributed by atoms with Gasteiger partial charge in [-0.2, -0.15) is 0 Å². The molecule has 3 aromatic rings. The highest BCUT2D eigenvalue weighted by Gasteiger charge is 2.27. The van der Waals surface area contributed by atoms with Gasteiger partial charge in [0.05, 0.1) is 23.6 Å². The number of hydrogen-bond acceptors (Lipinski definition) is 4. The molecule has 5 rings (SSSR count). The van der Waals surface area contributed by atoms with Crippen LogP contribution in [-0.2, 0) is 19.6 Å². The zero-order valence-corrected chi connectivity index (χ0v) is 17.0. The van der Waals surface area contributed by atoms with E-state index in [2.05, 4.69) is 63.4 Å². The van der Waals surface area contributed by atoms with Gasteiger partial charge in [-0.05, 0) is 47.8 Å². The lowest BCUT2D eigenvalue weighted by atomic mass is 9.89. The van der Waals surface area contributed by atoms with Gasteiger partial charge in [0.25, 0.3) is 0 Å². The summed E-state index contributed by atoms with van der Waals surface area (Å²) in [5.74, 6) is 0.999. The molecule has 0 saturated heterocycles. The van der Waals surface area contributed by atoms with Crippen molar-refractivity contribution in [2.75, 3.05) is 0 Å². The molecule has 0 spiro atoms. The van der Waals surface area contributed by atoms with Crippen molar-refractivity contribution in [2.45, 2.75) is 44.6 Å². The Morgan fingerprint density at radius 3 is 2.70 bits per heavy atom. The third-order valence-corrected chi connectivity index (χ3v) is 6.12. The first-order valence-electron chi connectivity index (χ1n) is 10.7. The molecule has 1 aliphatic carbocycles. The van der Waals surface area contributed by atoms with Gasteiger partial charge < -0.3 is 10.7 Å². The second-order valence-electron chi connectivity index (χ2n) is 8.06. The van der Waals surface area contributed by atoms with E-state index in [1.165, 1.54) is 16.7 Å². The van der Waals surface area contributed by atoms with Crippen LogP contribution in [0.3, 0.4) is 0 Å². The summed E-state index contributed by atoms with van der Waals surface area (Å²) in [7, 11) is 0. The average molecular weight is 398 g/mol. The van der Waals surface area contributed by atoms with Crippen molar-refractivity contribution >= 4 is 17.2 Å². The Hall–Kier alpha value is -3.02. The fourth-order valence-electron chi connectivity index (χ4n) is 4.53. The maximum atomic E-state index is 6.02. The van der Waals surface area contributed by atoms with Crippen LogP contribution in [0.4, 0.5) is 0 Å². The van der Waals surface area contributed by atoms with Crippen molar-refractivity contribution in [2.24, 2.45) is 10.7 Å². The number of aliphatic imine (C=N–C) groups is 1. The summed E-state index contributed by atoms with van der Waals surface area (Å²) < 4.78 is 0. The van der Waals surface area contributed by atoms with Gasteiger partial charge in [0.15, 0.2) is 0 Å². The van der Waals surface area contributed by atoms with Crippen LogP contribution in [0.5, 0.6) is 0 Å². The Bertz CT molecular complexity index is 1090. The number of nitrogens with two attached hydrogens (primary N) is 1. The molecule has 5 nitrogen and oxygen atoms in total. The Morgan fingerprint density at radius 1 is 1.00 bits per heavy atom. The third-order valence-electron chi connectivity index (χ3n) is 6.12. The monoisotopic (exact) mass is 397 g/mol. The Balaban J connectivity index is 1.47. The summed E-state index contributed by atoms with van der Waals surface area (Å²) in [5.41, 5.74) is 11.9. The fourth-order valence-corrected chi connectivity index (χ4v) is 4.53. The Labute approximate surface area is 177 Å². The highest BCUT2D eigenvalue weighted by molar-refractivity contribution is 5.75. The zero-order chi connectivity index (χ0) is 20.3. The molecule has 0 bridgehead atoms. The number of nitrogens with zero attached hydrogens (tertiary/aromatic N) is 3. The molecule has 152 valence electrons. The molecule has 1 aromatic heterocycles. The number of nitrogens with one attached hydrogen (secondary N) is 1. The van der Waals surface area contributed by atoms with E-state index in [-0.39, 0.29) is 0 Å². The normalized spacial score (nSPS) is 20.5. The van der Waals surface area contributed by atoms with Crippen molar-refractivity contribution in [3.63, 3.8) is 0 Å². The molecule has 2 atom stereocenters. The lowest BCUT2D eigenvalue weighted by molar-refractivity contribution is 0.188. The number of hydrogen-bond donors (Lipinski definition) is 2. The number of aromatic amines is 1. The number of aromatic nitrogens is 2. The molecule has 2 aliphatic rings. The fraction of sp³-hybridized carbons (Fsp3) is 0.280. The lowest BCUT2D eigenvalue weighted by Crippen LogP contribution is -2.37. The van der Waals surface area contributed by atoms with Crippen LogP contribution in [0.15, 0.2) is 77.3 Å². The van der Waals surface area contributed by atoms with E-state index in [9.17, 15) is 0 Å². The molecule has 30 heavy (non-hydrogen) atoms. The number of rotatable bonds is 6. The molecule has 2 aromatic carbocycles. The summed E-state index contributed by atoms with van der Waals surface area (Å²) in [6.45, 7) is 2.16. The zero-order valence-electron chi connectivity index (χ0n) is 17.0. The molecular formula is C25H27N5. The SMILES string of the molecule is NCc1ccccc1CN(Cc1nc2ccccc2[nH]1)C1C=C2C=CC=NC2CC1. The molecule has 0 radical (unpaired) electrons. The highest BCUT2D eigenvalue weighted by Crippen LogP contribution is 2.29. The number of fused-ring (bicyclic) bond motifs is 2. The van der Waals surface area contributed by atoms with Gasteiger partial charge in [0.1, 0.15) is 5.82 Å². The van der Waals surface area contributed by atoms with Gasteiger partial charge in [-0.1, -0.05) is 48.6 Å². The third kappa shape index (κ3) is 3.86. The van der Waals surface area contributed by atoms with E-state index in [4.69, 9.17) is 10.7 Å². The van der Waals surface area contributed by atoms with Gasteiger partial charge in [0, 0.05) is 25.3 Å². The molecule has 0 fully saturated rings. The largest absolute Gasteiger partial charge is 0.341 e. The van der Waals surface area contributed by atoms with Gasteiger partial charge in [-0.3, -0.25) is 9.89 Å². The van der Waals surface area contributed by atoms with E-state index in [0.29, 0.717) is 18.6 Å². The quantitative estimate of drug-likeness (QED) is 0.657. The van der Waals surface area contributed by atoms with Crippen molar-refractivity contribution < 1.29 is 0 Å². The summed E-state index contributed by atoms with van der Waals surface area (Å²) in [4.78, 5) is 15.5. The maximum Gasteiger partial charge on any atom is 0.121 e. The van der Waals surface area contributed by atoms with Crippen LogP contribution in [0.2, 0.25) is 0 Å². The summed E-state index contributed by atoms with van der Waals surface area (Å²) in [5, 5.41) is 0. The first-order valence-corrected chi connectivity index (χ1v) is 10.7. The summed E-state index contributed by atoms with van der Waals surface area (Å²) >= 11 is 0. The first-order chi connectivity index (χ1) is 14.8. The molecule has 3 N–H and O–H groups in total. The standard InChI is InChI=1S/C25H27N5/c26-15-19-6-1-2-7-20(19)16-30(17-25-28-23-9-3-4-10-24(23)29-25)21-11-12-22-18(14-21)8-5-13-27-22/h1-10,13-14,21-22H,11-12,15-17,26H2,(H,28,29). The number of H-pyrrole nitrogens is 1. The van der Waals surface area contributed by atoms with Gasteiger partial charge in [-0.15, -0.1) is 0 Å². The average Bonchev–Trinajstić information content (AvgIpc) is 3.21. The van der Waals surface area contributed by atoms with Gasteiger partial charge in [-0.25, -0.2) is 4.98 Å². The predicted octanol–water partition coefficient (Wildman–Crippen LogP) is 4.12. The number of para-hydroxylation sites is 2. The second-order valence-corrected chi connectivity index (χ2v) is 8.06. The Morgan fingerprint density at radius 2 is 1.83 bits per heavy atom. The minimum atomic E-state index is 0.315. The van der Waals surface area contributed by atoms with Crippen LogP contribution < -0.4 is 5.73 Å². The molecule has 0 amide bonds. The molecule has 0 saturated carbocycles. The smallest absolute Gasteiger partial charge is 0.121 e. The van der Waals surface area contributed by atoms with E-state index >= 15 is 0 Å². The van der Waals surface area contributed by atoms with E-state index in [1.54, 1.807) is 0 Å². The second kappa shape index (κ2) is 8.38. The molecule has 2 unspecified atom stereocenters. The summed E-state index contributed by atoms with van der Waals surface area (Å²) in [6, 6.07) is 17.4. The van der Waals surface area contributed by atoms with Crippen LogP contribution >= 0.6 is 0 Å². The van der Waals surface area contributed by atoms with Crippen LogP contribution in [-0.4, -0.2) is 33.2 Å². The molecule has 5 heteroatoms. The van der Waals surface area contributed by atoms with Crippen LogP contribution in [0.1, 0.15) is 29.8 Å². The number of allylic oxidation sites excluding steroid dienone is 1. The van der Waals surface area contributed by atoms with Crippen molar-refractivity contribution in [1.29, 1.82) is 0 Å². The summed E-state index contributed by atoms with van der Waals surface area (Å²) in [6.07, 6.45) is 10.7.